The Morgan fingerprint density at radius 1 is 1.00 bits per heavy atom. The molecule has 1 aliphatic carbocycles. The lowest BCUT2D eigenvalue weighted by Crippen LogP contribution is -2.35. The second kappa shape index (κ2) is 7.30. The summed E-state index contributed by atoms with van der Waals surface area (Å²) < 4.78 is 0. The molecule has 4 nitrogen and oxygen atoms in total. The summed E-state index contributed by atoms with van der Waals surface area (Å²) in [7, 11) is 0. The highest BCUT2D eigenvalue weighted by Gasteiger charge is 2.40. The van der Waals surface area contributed by atoms with Gasteiger partial charge < -0.3 is 10.0 Å². The average Bonchev–Trinajstić information content (AvgIpc) is 3.35. The number of benzene rings is 2. The SMILES string of the molecule is O=C(O)CN(Cc1ccccc1)C(=O)C[C@@H]1C[C@H]1c1ccccc1. The number of amides is 1. The van der Waals surface area contributed by atoms with E-state index in [1.807, 2.05) is 48.5 Å². The molecule has 0 heterocycles. The molecule has 1 N–H and O–H groups in total. The normalized spacial score (nSPS) is 18.8. The molecule has 0 aromatic heterocycles. The molecule has 0 aliphatic heterocycles. The van der Waals surface area contributed by atoms with Crippen LogP contribution in [0.2, 0.25) is 0 Å². The third kappa shape index (κ3) is 4.22. The van der Waals surface area contributed by atoms with Crippen molar-refractivity contribution in [2.24, 2.45) is 5.92 Å². The Labute approximate surface area is 141 Å². The second-order valence-corrected chi connectivity index (χ2v) is 6.35. The van der Waals surface area contributed by atoms with Crippen molar-refractivity contribution < 1.29 is 14.7 Å². The zero-order valence-electron chi connectivity index (χ0n) is 13.5. The first kappa shape index (κ1) is 16.2. The van der Waals surface area contributed by atoms with E-state index in [1.54, 1.807) is 0 Å². The molecule has 1 saturated carbocycles. The van der Waals surface area contributed by atoms with Crippen LogP contribution in [0.15, 0.2) is 60.7 Å². The minimum atomic E-state index is -0.977. The maximum absolute atomic E-state index is 12.6. The largest absolute Gasteiger partial charge is 0.480 e. The van der Waals surface area contributed by atoms with Gasteiger partial charge >= 0.3 is 5.97 Å². The standard InChI is InChI=1S/C20H21NO3/c22-19(12-17-11-18(17)16-9-5-2-6-10-16)21(14-20(23)24)13-15-7-3-1-4-8-15/h1-10,17-18H,11-14H2,(H,23,24)/t17-,18-/m0/s1. The van der Waals surface area contributed by atoms with Crippen LogP contribution >= 0.6 is 0 Å². The Morgan fingerprint density at radius 2 is 1.62 bits per heavy atom. The number of rotatable bonds is 7. The smallest absolute Gasteiger partial charge is 0.323 e. The highest BCUT2D eigenvalue weighted by Crippen LogP contribution is 2.49. The van der Waals surface area contributed by atoms with E-state index in [-0.39, 0.29) is 12.5 Å². The van der Waals surface area contributed by atoms with E-state index in [2.05, 4.69) is 12.1 Å². The Hall–Kier alpha value is -2.62. The van der Waals surface area contributed by atoms with Gasteiger partial charge in [-0.25, -0.2) is 0 Å². The Bertz CT molecular complexity index is 699. The molecule has 3 rings (SSSR count). The van der Waals surface area contributed by atoms with Gasteiger partial charge in [0, 0.05) is 13.0 Å². The third-order valence-electron chi connectivity index (χ3n) is 4.48. The van der Waals surface area contributed by atoms with E-state index in [9.17, 15) is 9.59 Å². The highest BCUT2D eigenvalue weighted by atomic mass is 16.4. The molecule has 1 fully saturated rings. The van der Waals surface area contributed by atoms with Crippen LogP contribution in [-0.2, 0) is 16.1 Å². The lowest BCUT2D eigenvalue weighted by Gasteiger charge is -2.21. The van der Waals surface area contributed by atoms with Gasteiger partial charge in [0.1, 0.15) is 6.54 Å². The van der Waals surface area contributed by atoms with Crippen LogP contribution in [0, 0.1) is 5.92 Å². The summed E-state index contributed by atoms with van der Waals surface area (Å²) in [4.78, 5) is 25.1. The summed E-state index contributed by atoms with van der Waals surface area (Å²) in [6.45, 7) is 0.0884. The van der Waals surface area contributed by atoms with E-state index in [4.69, 9.17) is 5.11 Å². The van der Waals surface area contributed by atoms with Gasteiger partial charge in [0.05, 0.1) is 0 Å². The van der Waals surface area contributed by atoms with Crippen molar-refractivity contribution in [3.63, 3.8) is 0 Å². The molecular weight excluding hydrogens is 302 g/mol. The first-order valence-electron chi connectivity index (χ1n) is 8.22. The van der Waals surface area contributed by atoms with Gasteiger partial charge in [-0.05, 0) is 29.4 Å². The highest BCUT2D eigenvalue weighted by molar-refractivity contribution is 5.81. The first-order valence-corrected chi connectivity index (χ1v) is 8.22. The van der Waals surface area contributed by atoms with Crippen LogP contribution in [0.4, 0.5) is 0 Å². The number of carboxylic acids is 1. The van der Waals surface area contributed by atoms with Crippen LogP contribution in [0.3, 0.4) is 0 Å². The summed E-state index contributed by atoms with van der Waals surface area (Å²) in [6.07, 6.45) is 1.42. The van der Waals surface area contributed by atoms with E-state index >= 15 is 0 Å². The summed E-state index contributed by atoms with van der Waals surface area (Å²) in [5.41, 5.74) is 2.21. The van der Waals surface area contributed by atoms with Gasteiger partial charge in [-0.1, -0.05) is 60.7 Å². The van der Waals surface area contributed by atoms with E-state index in [0.717, 1.165) is 12.0 Å². The molecule has 24 heavy (non-hydrogen) atoms. The second-order valence-electron chi connectivity index (χ2n) is 6.35. The molecule has 0 saturated heterocycles. The summed E-state index contributed by atoms with van der Waals surface area (Å²) >= 11 is 0. The fourth-order valence-corrected chi connectivity index (χ4v) is 3.13. The fraction of sp³-hybridized carbons (Fsp3) is 0.300. The zero-order valence-corrected chi connectivity index (χ0v) is 13.5. The topological polar surface area (TPSA) is 57.6 Å². The monoisotopic (exact) mass is 323 g/mol. The van der Waals surface area contributed by atoms with Crippen LogP contribution in [0.5, 0.6) is 0 Å². The Balaban J connectivity index is 1.61. The number of carbonyl (C=O) groups excluding carboxylic acids is 1. The van der Waals surface area contributed by atoms with Crippen molar-refractivity contribution >= 4 is 11.9 Å². The number of aliphatic carboxylic acids is 1. The Kier molecular flexibility index (Phi) is 4.94. The fourth-order valence-electron chi connectivity index (χ4n) is 3.13. The molecule has 0 unspecified atom stereocenters. The molecular formula is C20H21NO3. The predicted octanol–water partition coefficient (Wildman–Crippen LogP) is 3.29. The summed E-state index contributed by atoms with van der Waals surface area (Å²) in [6, 6.07) is 19.7. The van der Waals surface area contributed by atoms with Crippen molar-refractivity contribution in [1.82, 2.24) is 4.90 Å². The average molecular weight is 323 g/mol. The van der Waals surface area contributed by atoms with Gasteiger partial charge in [0.25, 0.3) is 0 Å². The van der Waals surface area contributed by atoms with Crippen LogP contribution in [-0.4, -0.2) is 28.4 Å². The number of hydrogen-bond donors (Lipinski definition) is 1. The zero-order chi connectivity index (χ0) is 16.9. The third-order valence-corrected chi connectivity index (χ3v) is 4.48. The minimum absolute atomic E-state index is 0.0790. The predicted molar refractivity (Wildman–Crippen MR) is 91.4 cm³/mol. The Morgan fingerprint density at radius 3 is 2.25 bits per heavy atom. The number of nitrogens with zero attached hydrogens (tertiary/aromatic N) is 1. The van der Waals surface area contributed by atoms with Crippen LogP contribution in [0.1, 0.15) is 29.9 Å². The van der Waals surface area contributed by atoms with Gasteiger partial charge in [-0.3, -0.25) is 9.59 Å². The van der Waals surface area contributed by atoms with E-state index in [1.165, 1.54) is 10.5 Å². The van der Waals surface area contributed by atoms with E-state index in [0.29, 0.717) is 24.8 Å². The van der Waals surface area contributed by atoms with E-state index < -0.39 is 5.97 Å². The van der Waals surface area contributed by atoms with Gasteiger partial charge in [-0.15, -0.1) is 0 Å². The van der Waals surface area contributed by atoms with Crippen molar-refractivity contribution in [3.8, 4) is 0 Å². The van der Waals surface area contributed by atoms with Gasteiger partial charge in [0.15, 0.2) is 0 Å². The molecule has 1 amide bonds. The van der Waals surface area contributed by atoms with Gasteiger partial charge in [-0.2, -0.15) is 0 Å². The van der Waals surface area contributed by atoms with Crippen LogP contribution in [0.25, 0.3) is 0 Å². The maximum Gasteiger partial charge on any atom is 0.323 e. The molecule has 2 aromatic carbocycles. The van der Waals surface area contributed by atoms with Crippen molar-refractivity contribution in [2.45, 2.75) is 25.3 Å². The molecule has 1 aliphatic rings. The lowest BCUT2D eigenvalue weighted by molar-refractivity contribution is -0.145. The number of carbonyl (C=O) groups is 2. The van der Waals surface area contributed by atoms with Gasteiger partial charge in [0.2, 0.25) is 5.91 Å². The lowest BCUT2D eigenvalue weighted by atomic mass is 10.1. The van der Waals surface area contributed by atoms with Crippen LogP contribution < -0.4 is 0 Å². The van der Waals surface area contributed by atoms with Crippen molar-refractivity contribution in [3.05, 3.63) is 71.8 Å². The molecule has 124 valence electrons. The maximum atomic E-state index is 12.6. The molecule has 0 spiro atoms. The summed E-state index contributed by atoms with van der Waals surface area (Å²) in [5, 5.41) is 9.10. The molecule has 4 heteroatoms. The number of carboxylic acid groups (broad SMARTS) is 1. The molecule has 2 atom stereocenters. The molecule has 2 aromatic rings. The first-order chi connectivity index (χ1) is 11.6. The summed E-state index contributed by atoms with van der Waals surface area (Å²) in [5.74, 6) is -0.301. The molecule has 0 bridgehead atoms. The number of hydrogen-bond acceptors (Lipinski definition) is 2. The molecule has 0 radical (unpaired) electrons. The quantitative estimate of drug-likeness (QED) is 0.850. The minimum Gasteiger partial charge on any atom is -0.480 e. The van der Waals surface area contributed by atoms with Crippen molar-refractivity contribution in [1.29, 1.82) is 0 Å². The van der Waals surface area contributed by atoms with Crippen molar-refractivity contribution in [2.75, 3.05) is 6.54 Å².